The van der Waals surface area contributed by atoms with E-state index in [1.165, 1.54) is 19.3 Å². The van der Waals surface area contributed by atoms with Gasteiger partial charge in [-0.3, -0.25) is 0 Å². The number of hydrogen-bond acceptors (Lipinski definition) is 3. The van der Waals surface area contributed by atoms with E-state index in [9.17, 15) is 0 Å². The van der Waals surface area contributed by atoms with E-state index in [4.69, 9.17) is 4.74 Å². The average molecular weight is 170 g/mol. The Balaban J connectivity index is 1.68. The minimum Gasteiger partial charge on any atom is -0.381 e. The van der Waals surface area contributed by atoms with Gasteiger partial charge in [-0.15, -0.1) is 0 Å². The monoisotopic (exact) mass is 170 g/mol. The summed E-state index contributed by atoms with van der Waals surface area (Å²) in [6.45, 7) is 2.29. The summed E-state index contributed by atoms with van der Waals surface area (Å²) in [5.74, 6) is 0. The molecule has 2 aliphatic rings. The van der Waals surface area contributed by atoms with Crippen molar-refractivity contribution in [2.75, 3.05) is 20.2 Å². The molecule has 2 unspecified atom stereocenters. The molecule has 0 bridgehead atoms. The molecule has 70 valence electrons. The molecule has 1 heterocycles. The molecule has 12 heavy (non-hydrogen) atoms. The van der Waals surface area contributed by atoms with Gasteiger partial charge in [-0.2, -0.15) is 0 Å². The van der Waals surface area contributed by atoms with Crippen LogP contribution in [-0.4, -0.2) is 38.4 Å². The van der Waals surface area contributed by atoms with Crippen LogP contribution in [-0.2, 0) is 4.74 Å². The fraction of sp³-hybridized carbons (Fsp3) is 1.00. The van der Waals surface area contributed by atoms with Gasteiger partial charge in [-0.1, -0.05) is 0 Å². The Hall–Kier alpha value is -0.120. The molecule has 0 aromatic heterocycles. The van der Waals surface area contributed by atoms with Crippen LogP contribution in [0.2, 0.25) is 0 Å². The lowest BCUT2D eigenvalue weighted by molar-refractivity contribution is 0.106. The molecule has 1 aliphatic carbocycles. The minimum absolute atomic E-state index is 0.510. The van der Waals surface area contributed by atoms with Crippen LogP contribution >= 0.6 is 0 Å². The van der Waals surface area contributed by atoms with Gasteiger partial charge in [0, 0.05) is 32.3 Å². The Morgan fingerprint density at radius 2 is 2.08 bits per heavy atom. The van der Waals surface area contributed by atoms with Crippen LogP contribution in [0.25, 0.3) is 0 Å². The maximum absolute atomic E-state index is 5.32. The predicted molar refractivity (Wildman–Crippen MR) is 48.2 cm³/mol. The number of ether oxygens (including phenoxy) is 1. The molecule has 1 saturated carbocycles. The molecule has 1 aliphatic heterocycles. The molecule has 2 N–H and O–H groups in total. The molecule has 3 heteroatoms. The third-order valence-electron chi connectivity index (χ3n) is 2.97. The SMILES string of the molecule is COC1CCC(NC2CNC2)C1. The highest BCUT2D eigenvalue weighted by atomic mass is 16.5. The molecule has 0 spiro atoms. The summed E-state index contributed by atoms with van der Waals surface area (Å²) < 4.78 is 5.32. The quantitative estimate of drug-likeness (QED) is 0.631. The average Bonchev–Trinajstić information content (AvgIpc) is 2.44. The molecule has 1 saturated heterocycles. The van der Waals surface area contributed by atoms with Crippen LogP contribution in [0.1, 0.15) is 19.3 Å². The predicted octanol–water partition coefficient (Wildman–Crippen LogP) is 0.115. The second kappa shape index (κ2) is 3.73. The molecule has 2 atom stereocenters. The lowest BCUT2D eigenvalue weighted by atomic mass is 10.1. The summed E-state index contributed by atoms with van der Waals surface area (Å²) in [6.07, 6.45) is 4.23. The van der Waals surface area contributed by atoms with Gasteiger partial charge >= 0.3 is 0 Å². The van der Waals surface area contributed by atoms with Crippen LogP contribution < -0.4 is 10.6 Å². The fourth-order valence-corrected chi connectivity index (χ4v) is 2.05. The first-order valence-corrected chi connectivity index (χ1v) is 4.88. The van der Waals surface area contributed by atoms with Crippen molar-refractivity contribution in [3.05, 3.63) is 0 Å². The maximum Gasteiger partial charge on any atom is 0.0586 e. The topological polar surface area (TPSA) is 33.3 Å². The highest BCUT2D eigenvalue weighted by Gasteiger charge is 2.27. The first-order valence-electron chi connectivity index (χ1n) is 4.88. The van der Waals surface area contributed by atoms with Crippen molar-refractivity contribution >= 4 is 0 Å². The molecule has 3 nitrogen and oxygen atoms in total. The molecule has 0 amide bonds. The maximum atomic E-state index is 5.32. The first-order chi connectivity index (χ1) is 5.88. The normalized spacial score (nSPS) is 36.8. The van der Waals surface area contributed by atoms with Crippen LogP contribution in [0.3, 0.4) is 0 Å². The van der Waals surface area contributed by atoms with Crippen LogP contribution in [0.15, 0.2) is 0 Å². The summed E-state index contributed by atoms with van der Waals surface area (Å²) in [4.78, 5) is 0. The second-order valence-corrected chi connectivity index (χ2v) is 3.89. The van der Waals surface area contributed by atoms with Gasteiger partial charge in [-0.25, -0.2) is 0 Å². The van der Waals surface area contributed by atoms with Crippen molar-refractivity contribution in [2.24, 2.45) is 0 Å². The van der Waals surface area contributed by atoms with Crippen molar-refractivity contribution in [1.29, 1.82) is 0 Å². The molecule has 2 fully saturated rings. The van der Waals surface area contributed by atoms with Crippen molar-refractivity contribution < 1.29 is 4.74 Å². The Morgan fingerprint density at radius 3 is 2.58 bits per heavy atom. The van der Waals surface area contributed by atoms with E-state index in [2.05, 4.69) is 10.6 Å². The van der Waals surface area contributed by atoms with Gasteiger partial charge in [0.1, 0.15) is 0 Å². The number of nitrogens with one attached hydrogen (secondary N) is 2. The van der Waals surface area contributed by atoms with Gasteiger partial charge in [0.25, 0.3) is 0 Å². The van der Waals surface area contributed by atoms with E-state index >= 15 is 0 Å². The zero-order chi connectivity index (χ0) is 8.39. The van der Waals surface area contributed by atoms with Crippen LogP contribution in [0.5, 0.6) is 0 Å². The number of methoxy groups -OCH3 is 1. The van der Waals surface area contributed by atoms with Crippen molar-refractivity contribution in [3.8, 4) is 0 Å². The molecular weight excluding hydrogens is 152 g/mol. The lowest BCUT2D eigenvalue weighted by Crippen LogP contribution is -2.57. The fourth-order valence-electron chi connectivity index (χ4n) is 2.05. The zero-order valence-corrected chi connectivity index (χ0v) is 7.68. The van der Waals surface area contributed by atoms with E-state index in [0.29, 0.717) is 12.1 Å². The lowest BCUT2D eigenvalue weighted by Gasteiger charge is -2.31. The summed E-state index contributed by atoms with van der Waals surface area (Å²) in [6, 6.07) is 1.44. The van der Waals surface area contributed by atoms with E-state index in [1.807, 2.05) is 7.11 Å². The Bertz CT molecular complexity index is 147. The van der Waals surface area contributed by atoms with Gasteiger partial charge in [0.15, 0.2) is 0 Å². The summed E-state index contributed by atoms with van der Waals surface area (Å²) in [5, 5.41) is 6.90. The Morgan fingerprint density at radius 1 is 1.25 bits per heavy atom. The molecule has 2 rings (SSSR count). The Kier molecular flexibility index (Phi) is 2.63. The largest absolute Gasteiger partial charge is 0.381 e. The van der Waals surface area contributed by atoms with Crippen LogP contribution in [0.4, 0.5) is 0 Å². The van der Waals surface area contributed by atoms with E-state index in [0.717, 1.165) is 19.1 Å². The second-order valence-electron chi connectivity index (χ2n) is 3.89. The van der Waals surface area contributed by atoms with Crippen molar-refractivity contribution in [2.45, 2.75) is 37.5 Å². The van der Waals surface area contributed by atoms with E-state index in [-0.39, 0.29) is 0 Å². The van der Waals surface area contributed by atoms with Crippen molar-refractivity contribution in [1.82, 2.24) is 10.6 Å². The van der Waals surface area contributed by atoms with Gasteiger partial charge in [-0.05, 0) is 19.3 Å². The molecule has 0 radical (unpaired) electrons. The minimum atomic E-state index is 0.510. The van der Waals surface area contributed by atoms with E-state index < -0.39 is 0 Å². The highest BCUT2D eigenvalue weighted by Crippen LogP contribution is 2.21. The Labute approximate surface area is 73.9 Å². The van der Waals surface area contributed by atoms with Gasteiger partial charge in [0.05, 0.1) is 6.10 Å². The third kappa shape index (κ3) is 1.79. The van der Waals surface area contributed by atoms with E-state index in [1.54, 1.807) is 0 Å². The van der Waals surface area contributed by atoms with Crippen LogP contribution in [0, 0.1) is 0 Å². The van der Waals surface area contributed by atoms with Gasteiger partial charge in [0.2, 0.25) is 0 Å². The standard InChI is InChI=1S/C9H18N2O/c1-12-9-3-2-7(4-9)11-8-5-10-6-8/h7-11H,2-6H2,1H3. The smallest absolute Gasteiger partial charge is 0.0586 e. The van der Waals surface area contributed by atoms with Gasteiger partial charge < -0.3 is 15.4 Å². The van der Waals surface area contributed by atoms with Crippen molar-refractivity contribution in [3.63, 3.8) is 0 Å². The highest BCUT2D eigenvalue weighted by molar-refractivity contribution is 4.89. The molecule has 0 aromatic carbocycles. The summed E-state index contributed by atoms with van der Waals surface area (Å²) in [7, 11) is 1.82. The summed E-state index contributed by atoms with van der Waals surface area (Å²) >= 11 is 0. The third-order valence-corrected chi connectivity index (χ3v) is 2.97. The first kappa shape index (κ1) is 8.48. The summed E-state index contributed by atoms with van der Waals surface area (Å²) in [5.41, 5.74) is 0. The molecular formula is C9H18N2O. The number of rotatable bonds is 3. The zero-order valence-electron chi connectivity index (χ0n) is 7.68. The number of hydrogen-bond donors (Lipinski definition) is 2. The molecule has 0 aromatic rings.